The first-order valence-electron chi connectivity index (χ1n) is 7.26. The number of hydrogen-bond acceptors (Lipinski definition) is 1. The fourth-order valence-corrected chi connectivity index (χ4v) is 3.22. The molecular formula is C18H20ClN. The maximum absolute atomic E-state index is 6.21. The summed E-state index contributed by atoms with van der Waals surface area (Å²) in [7, 11) is 0. The van der Waals surface area contributed by atoms with Gasteiger partial charge in [-0.3, -0.25) is 0 Å². The highest BCUT2D eigenvalue weighted by Gasteiger charge is 2.24. The normalized spacial score (nSPS) is 21.4. The van der Waals surface area contributed by atoms with Gasteiger partial charge >= 0.3 is 0 Å². The van der Waals surface area contributed by atoms with Crippen LogP contribution in [0.4, 0.5) is 5.69 Å². The Morgan fingerprint density at radius 1 is 1.05 bits per heavy atom. The number of fused-ring (bicyclic) bond motifs is 1. The van der Waals surface area contributed by atoms with Gasteiger partial charge in [0.25, 0.3) is 0 Å². The number of benzene rings is 2. The van der Waals surface area contributed by atoms with Crippen LogP contribution in [-0.2, 0) is 0 Å². The summed E-state index contributed by atoms with van der Waals surface area (Å²) in [6.07, 6.45) is 2.40. The largest absolute Gasteiger partial charge is 0.378 e. The van der Waals surface area contributed by atoms with Crippen molar-refractivity contribution in [2.75, 3.05) is 5.32 Å². The van der Waals surface area contributed by atoms with E-state index in [2.05, 4.69) is 48.6 Å². The molecule has 2 heteroatoms. The second kappa shape index (κ2) is 5.49. The molecule has 0 saturated heterocycles. The molecule has 0 aliphatic heterocycles. The van der Waals surface area contributed by atoms with Gasteiger partial charge in [-0.05, 0) is 54.5 Å². The second-order valence-corrected chi connectivity index (χ2v) is 6.18. The van der Waals surface area contributed by atoms with Crippen LogP contribution in [0.25, 0.3) is 0 Å². The minimum absolute atomic E-state index is 0.390. The van der Waals surface area contributed by atoms with Gasteiger partial charge in [0.05, 0.1) is 6.04 Å². The Morgan fingerprint density at radius 3 is 2.55 bits per heavy atom. The molecule has 2 atom stereocenters. The van der Waals surface area contributed by atoms with Crippen LogP contribution in [0.1, 0.15) is 48.4 Å². The monoisotopic (exact) mass is 285 g/mol. The fraction of sp³-hybridized carbons (Fsp3) is 0.333. The zero-order valence-corrected chi connectivity index (χ0v) is 12.7. The maximum Gasteiger partial charge on any atom is 0.0516 e. The summed E-state index contributed by atoms with van der Waals surface area (Å²) in [4.78, 5) is 0. The van der Waals surface area contributed by atoms with E-state index in [4.69, 9.17) is 11.6 Å². The highest BCUT2D eigenvalue weighted by atomic mass is 35.5. The Bertz CT molecular complexity index is 621. The smallest absolute Gasteiger partial charge is 0.0516 e. The molecule has 0 aromatic heterocycles. The molecule has 1 nitrogen and oxygen atoms in total. The molecule has 0 radical (unpaired) electrons. The summed E-state index contributed by atoms with van der Waals surface area (Å²) in [6.45, 7) is 4.35. The van der Waals surface area contributed by atoms with Gasteiger partial charge in [-0.25, -0.2) is 0 Å². The number of anilines is 1. The van der Waals surface area contributed by atoms with Gasteiger partial charge in [0, 0.05) is 10.7 Å². The molecule has 1 aliphatic rings. The predicted octanol–water partition coefficient (Wildman–Crippen LogP) is 5.70. The van der Waals surface area contributed by atoms with Crippen molar-refractivity contribution in [2.45, 2.75) is 38.6 Å². The molecule has 0 heterocycles. The molecule has 0 fully saturated rings. The molecule has 2 unspecified atom stereocenters. The topological polar surface area (TPSA) is 12.0 Å². The Balaban J connectivity index is 1.88. The molecule has 104 valence electrons. The van der Waals surface area contributed by atoms with E-state index in [-0.39, 0.29) is 0 Å². The van der Waals surface area contributed by atoms with Gasteiger partial charge < -0.3 is 5.32 Å². The predicted molar refractivity (Wildman–Crippen MR) is 86.6 cm³/mol. The average molecular weight is 286 g/mol. The number of rotatable bonds is 2. The number of aryl methyl sites for hydroxylation is 1. The van der Waals surface area contributed by atoms with Crippen molar-refractivity contribution >= 4 is 17.3 Å². The summed E-state index contributed by atoms with van der Waals surface area (Å²) in [6, 6.07) is 15.4. The highest BCUT2D eigenvalue weighted by molar-refractivity contribution is 6.31. The first-order valence-corrected chi connectivity index (χ1v) is 7.64. The average Bonchev–Trinajstić information content (AvgIpc) is 2.46. The van der Waals surface area contributed by atoms with Gasteiger partial charge in [-0.2, -0.15) is 0 Å². The highest BCUT2D eigenvalue weighted by Crippen LogP contribution is 2.39. The molecule has 1 N–H and O–H groups in total. The van der Waals surface area contributed by atoms with Crippen LogP contribution >= 0.6 is 11.6 Å². The van der Waals surface area contributed by atoms with Gasteiger partial charge in [-0.15, -0.1) is 0 Å². The minimum Gasteiger partial charge on any atom is -0.378 e. The first kappa shape index (κ1) is 13.5. The molecule has 2 aromatic rings. The van der Waals surface area contributed by atoms with Gasteiger partial charge in [-0.1, -0.05) is 48.9 Å². The van der Waals surface area contributed by atoms with E-state index in [0.29, 0.717) is 12.0 Å². The fourth-order valence-electron chi connectivity index (χ4n) is 3.04. The lowest BCUT2D eigenvalue weighted by Crippen LogP contribution is -2.19. The van der Waals surface area contributed by atoms with Crippen LogP contribution < -0.4 is 5.32 Å². The lowest BCUT2D eigenvalue weighted by atomic mass is 9.81. The van der Waals surface area contributed by atoms with E-state index in [0.717, 1.165) is 16.3 Å². The minimum atomic E-state index is 0.390. The standard InChI is InChI=1S/C18H20ClN/c1-12-8-10-18(16-6-4-3-5-15(12)16)20-14-9-7-13(2)17(19)11-14/h3-7,9,11-12,18,20H,8,10H2,1-2H3. The third kappa shape index (κ3) is 2.55. The van der Waals surface area contributed by atoms with Gasteiger partial charge in [0.1, 0.15) is 0 Å². The van der Waals surface area contributed by atoms with E-state index in [1.807, 2.05) is 13.0 Å². The zero-order valence-electron chi connectivity index (χ0n) is 12.0. The Labute approximate surface area is 126 Å². The summed E-state index contributed by atoms with van der Waals surface area (Å²) in [5.74, 6) is 0.658. The second-order valence-electron chi connectivity index (χ2n) is 5.77. The van der Waals surface area contributed by atoms with Crippen LogP contribution in [0, 0.1) is 6.92 Å². The molecule has 2 aromatic carbocycles. The molecule has 0 saturated carbocycles. The zero-order chi connectivity index (χ0) is 14.1. The van der Waals surface area contributed by atoms with Crippen LogP contribution in [0.5, 0.6) is 0 Å². The van der Waals surface area contributed by atoms with Crippen molar-refractivity contribution in [3.05, 3.63) is 64.2 Å². The van der Waals surface area contributed by atoms with Gasteiger partial charge in [0.2, 0.25) is 0 Å². The third-order valence-electron chi connectivity index (χ3n) is 4.30. The third-order valence-corrected chi connectivity index (χ3v) is 4.71. The Hall–Kier alpha value is -1.47. The number of halogens is 1. The summed E-state index contributed by atoms with van der Waals surface area (Å²) in [5, 5.41) is 4.47. The molecule has 1 aliphatic carbocycles. The quantitative estimate of drug-likeness (QED) is 0.746. The van der Waals surface area contributed by atoms with E-state index in [1.54, 1.807) is 0 Å². The van der Waals surface area contributed by atoms with Crippen molar-refractivity contribution in [3.8, 4) is 0 Å². The van der Waals surface area contributed by atoms with Crippen LogP contribution in [0.2, 0.25) is 5.02 Å². The SMILES string of the molecule is Cc1ccc(NC2CCC(C)c3ccccc32)cc1Cl. The molecule has 20 heavy (non-hydrogen) atoms. The molecule has 0 spiro atoms. The lowest BCUT2D eigenvalue weighted by molar-refractivity contribution is 0.534. The number of hydrogen-bond donors (Lipinski definition) is 1. The Kier molecular flexibility index (Phi) is 3.71. The molecule has 3 rings (SSSR count). The van der Waals surface area contributed by atoms with Gasteiger partial charge in [0.15, 0.2) is 0 Å². The molecule has 0 amide bonds. The maximum atomic E-state index is 6.21. The van der Waals surface area contributed by atoms with Crippen LogP contribution in [-0.4, -0.2) is 0 Å². The van der Waals surface area contributed by atoms with Crippen molar-refractivity contribution in [3.63, 3.8) is 0 Å². The number of nitrogens with one attached hydrogen (secondary N) is 1. The van der Waals surface area contributed by atoms with Crippen LogP contribution in [0.3, 0.4) is 0 Å². The van der Waals surface area contributed by atoms with E-state index < -0.39 is 0 Å². The van der Waals surface area contributed by atoms with Crippen LogP contribution in [0.15, 0.2) is 42.5 Å². The molecular weight excluding hydrogens is 266 g/mol. The molecule has 0 bridgehead atoms. The van der Waals surface area contributed by atoms with E-state index in [1.165, 1.54) is 24.0 Å². The van der Waals surface area contributed by atoms with Crippen molar-refractivity contribution in [1.29, 1.82) is 0 Å². The van der Waals surface area contributed by atoms with Crippen molar-refractivity contribution < 1.29 is 0 Å². The lowest BCUT2D eigenvalue weighted by Gasteiger charge is -2.31. The summed E-state index contributed by atoms with van der Waals surface area (Å²) in [5.41, 5.74) is 5.14. The Morgan fingerprint density at radius 2 is 1.80 bits per heavy atom. The summed E-state index contributed by atoms with van der Waals surface area (Å²) < 4.78 is 0. The first-order chi connectivity index (χ1) is 9.65. The van der Waals surface area contributed by atoms with Crippen molar-refractivity contribution in [2.24, 2.45) is 0 Å². The van der Waals surface area contributed by atoms with Crippen molar-refractivity contribution in [1.82, 2.24) is 0 Å². The van der Waals surface area contributed by atoms with E-state index in [9.17, 15) is 0 Å². The van der Waals surface area contributed by atoms with E-state index >= 15 is 0 Å². The summed E-state index contributed by atoms with van der Waals surface area (Å²) >= 11 is 6.21.